The molecule has 1 saturated heterocycles. The average molecular weight is 494 g/mol. The second-order valence-corrected chi connectivity index (χ2v) is 12.0. The lowest BCUT2D eigenvalue weighted by Crippen LogP contribution is -2.44. The molecule has 0 bridgehead atoms. The van der Waals surface area contributed by atoms with Crippen LogP contribution in [0.15, 0.2) is 29.6 Å². The van der Waals surface area contributed by atoms with Gasteiger partial charge in [0.1, 0.15) is 13.2 Å². The molecule has 0 spiro atoms. The molecule has 1 aromatic heterocycles. The summed E-state index contributed by atoms with van der Waals surface area (Å²) in [6.45, 7) is 8.47. The number of imidazole rings is 1. The summed E-state index contributed by atoms with van der Waals surface area (Å²) < 4.78 is 37.3. The zero-order chi connectivity index (χ0) is 23.6. The zero-order valence-corrected chi connectivity index (χ0v) is 21.0. The summed E-state index contributed by atoms with van der Waals surface area (Å²) in [4.78, 5) is 19.5. The topological polar surface area (TPSA) is 90.7 Å². The van der Waals surface area contributed by atoms with Crippen molar-refractivity contribution in [1.82, 2.24) is 14.5 Å². The van der Waals surface area contributed by atoms with Gasteiger partial charge in [0.25, 0.3) is 0 Å². The fourth-order valence-corrected chi connectivity index (χ4v) is 6.95. The van der Waals surface area contributed by atoms with E-state index < -0.39 is 9.84 Å². The first-order valence-corrected chi connectivity index (χ1v) is 14.2. The summed E-state index contributed by atoms with van der Waals surface area (Å²) in [5, 5.41) is 0.763. The Kier molecular flexibility index (Phi) is 7.23. The van der Waals surface area contributed by atoms with Crippen LogP contribution >= 0.6 is 11.8 Å². The lowest BCUT2D eigenvalue weighted by molar-refractivity contribution is -0.130. The number of aromatic nitrogens is 2. The molecule has 0 saturated carbocycles. The van der Waals surface area contributed by atoms with Gasteiger partial charge in [-0.1, -0.05) is 25.6 Å². The van der Waals surface area contributed by atoms with Crippen molar-refractivity contribution in [1.29, 1.82) is 0 Å². The summed E-state index contributed by atoms with van der Waals surface area (Å²) in [6, 6.07) is 5.63. The van der Waals surface area contributed by atoms with Crippen molar-refractivity contribution in [3.8, 4) is 22.8 Å². The van der Waals surface area contributed by atoms with Crippen LogP contribution in [0.3, 0.4) is 0 Å². The summed E-state index contributed by atoms with van der Waals surface area (Å²) >= 11 is 1.39. The van der Waals surface area contributed by atoms with Gasteiger partial charge in [0.2, 0.25) is 5.91 Å². The van der Waals surface area contributed by atoms with Crippen LogP contribution in [0.5, 0.6) is 11.5 Å². The minimum absolute atomic E-state index is 0.0395. The van der Waals surface area contributed by atoms with Gasteiger partial charge < -0.3 is 18.9 Å². The van der Waals surface area contributed by atoms with Crippen molar-refractivity contribution in [3.63, 3.8) is 0 Å². The van der Waals surface area contributed by atoms with E-state index in [4.69, 9.17) is 9.47 Å². The molecule has 2 aliphatic rings. The SMILES string of the molecule is CCn1c(-c2ccc3c(c2)OCCO3)cnc1SCC(=O)N(CC(C)C)C1CCS(=O)(=O)C1. The maximum atomic E-state index is 13.1. The number of carbonyl (C=O) groups is 1. The number of carbonyl (C=O) groups excluding carboxylic acids is 1. The molecule has 8 nitrogen and oxygen atoms in total. The second-order valence-electron chi connectivity index (χ2n) is 8.81. The number of fused-ring (bicyclic) bond motifs is 1. The van der Waals surface area contributed by atoms with Crippen molar-refractivity contribution in [2.45, 2.75) is 44.9 Å². The van der Waals surface area contributed by atoms with Crippen molar-refractivity contribution in [2.24, 2.45) is 5.92 Å². The fourth-order valence-electron chi connectivity index (χ4n) is 4.29. The molecule has 2 aliphatic heterocycles. The van der Waals surface area contributed by atoms with Crippen LogP contribution in [-0.2, 0) is 21.2 Å². The minimum atomic E-state index is -3.06. The number of ether oxygens (including phenoxy) is 2. The van der Waals surface area contributed by atoms with E-state index in [1.54, 1.807) is 4.90 Å². The molecular weight excluding hydrogens is 462 g/mol. The van der Waals surface area contributed by atoms with E-state index in [0.29, 0.717) is 32.7 Å². The molecule has 1 atom stereocenters. The Balaban J connectivity index is 1.49. The van der Waals surface area contributed by atoms with Crippen molar-refractivity contribution in [3.05, 3.63) is 24.4 Å². The van der Waals surface area contributed by atoms with Crippen LogP contribution in [0, 0.1) is 5.92 Å². The van der Waals surface area contributed by atoms with Gasteiger partial charge in [-0.25, -0.2) is 13.4 Å². The Hall–Kier alpha value is -2.20. The Bertz CT molecular complexity index is 1110. The summed E-state index contributed by atoms with van der Waals surface area (Å²) in [5.74, 6) is 2.14. The molecule has 1 amide bonds. The standard InChI is InChI=1S/C23H31N3O5S2/c1-4-25-19(17-5-6-20-21(11-17)31-9-8-30-20)12-24-23(25)32-14-22(27)26(13-16(2)3)18-7-10-33(28,29)15-18/h5-6,11-12,16,18H,4,7-10,13-15H2,1-3H3. The highest BCUT2D eigenvalue weighted by atomic mass is 32.2. The van der Waals surface area contributed by atoms with Gasteiger partial charge in [-0.3, -0.25) is 4.79 Å². The van der Waals surface area contributed by atoms with Gasteiger partial charge in [-0.15, -0.1) is 0 Å². The van der Waals surface area contributed by atoms with E-state index in [1.807, 2.05) is 45.2 Å². The molecule has 2 aromatic rings. The van der Waals surface area contributed by atoms with Crippen LogP contribution in [0.2, 0.25) is 0 Å². The minimum Gasteiger partial charge on any atom is -0.486 e. The van der Waals surface area contributed by atoms with Crippen molar-refractivity contribution in [2.75, 3.05) is 37.0 Å². The third kappa shape index (κ3) is 5.48. The lowest BCUT2D eigenvalue weighted by atomic mass is 10.1. The van der Waals surface area contributed by atoms with Crippen LogP contribution in [0.25, 0.3) is 11.3 Å². The Morgan fingerprint density at radius 1 is 1.27 bits per heavy atom. The highest BCUT2D eigenvalue weighted by Gasteiger charge is 2.35. The van der Waals surface area contributed by atoms with Gasteiger partial charge in [0.05, 0.1) is 29.1 Å². The fraction of sp³-hybridized carbons (Fsp3) is 0.565. The number of amides is 1. The zero-order valence-electron chi connectivity index (χ0n) is 19.3. The normalized spacial score (nSPS) is 19.1. The monoisotopic (exact) mass is 493 g/mol. The smallest absolute Gasteiger partial charge is 0.233 e. The van der Waals surface area contributed by atoms with Gasteiger partial charge in [-0.05, 0) is 37.5 Å². The molecule has 10 heteroatoms. The first kappa shape index (κ1) is 23.9. The first-order chi connectivity index (χ1) is 15.8. The third-order valence-corrected chi connectivity index (χ3v) is 8.55. The lowest BCUT2D eigenvalue weighted by Gasteiger charge is -2.30. The molecule has 0 radical (unpaired) electrons. The maximum absolute atomic E-state index is 13.1. The van der Waals surface area contributed by atoms with E-state index in [2.05, 4.69) is 9.55 Å². The molecular formula is C23H31N3O5S2. The number of benzene rings is 1. The summed E-state index contributed by atoms with van der Waals surface area (Å²) in [5.41, 5.74) is 1.93. The number of sulfone groups is 1. The van der Waals surface area contributed by atoms with Crippen molar-refractivity contribution < 1.29 is 22.7 Å². The van der Waals surface area contributed by atoms with Gasteiger partial charge in [0, 0.05) is 24.7 Å². The predicted molar refractivity (Wildman–Crippen MR) is 129 cm³/mol. The second kappa shape index (κ2) is 9.97. The summed E-state index contributed by atoms with van der Waals surface area (Å²) in [7, 11) is -3.06. The van der Waals surface area contributed by atoms with Crippen LogP contribution in [0.1, 0.15) is 27.2 Å². The number of hydrogen-bond donors (Lipinski definition) is 0. The number of hydrogen-bond acceptors (Lipinski definition) is 7. The van der Waals surface area contributed by atoms with Crippen LogP contribution in [0.4, 0.5) is 0 Å². The number of thioether (sulfide) groups is 1. The quantitative estimate of drug-likeness (QED) is 0.522. The van der Waals surface area contributed by atoms with Gasteiger partial charge >= 0.3 is 0 Å². The molecule has 1 aromatic carbocycles. The van der Waals surface area contributed by atoms with Crippen molar-refractivity contribution >= 4 is 27.5 Å². The van der Waals surface area contributed by atoms with Gasteiger partial charge in [-0.2, -0.15) is 0 Å². The van der Waals surface area contributed by atoms with Gasteiger partial charge in [0.15, 0.2) is 26.5 Å². The Morgan fingerprint density at radius 3 is 2.70 bits per heavy atom. The highest BCUT2D eigenvalue weighted by Crippen LogP contribution is 2.35. The third-order valence-electron chi connectivity index (χ3n) is 5.83. The molecule has 0 aliphatic carbocycles. The molecule has 3 heterocycles. The molecule has 1 fully saturated rings. The first-order valence-electron chi connectivity index (χ1n) is 11.4. The van der Waals surface area contributed by atoms with Crippen LogP contribution in [-0.4, -0.2) is 71.8 Å². The molecule has 4 rings (SSSR count). The van der Waals surface area contributed by atoms with E-state index >= 15 is 0 Å². The number of rotatable bonds is 8. The van der Waals surface area contributed by atoms with E-state index in [1.165, 1.54) is 11.8 Å². The largest absolute Gasteiger partial charge is 0.486 e. The maximum Gasteiger partial charge on any atom is 0.233 e. The summed E-state index contributed by atoms with van der Waals surface area (Å²) in [6.07, 6.45) is 2.33. The van der Waals surface area contributed by atoms with E-state index in [9.17, 15) is 13.2 Å². The predicted octanol–water partition coefficient (Wildman–Crippen LogP) is 3.11. The number of nitrogens with zero attached hydrogens (tertiary/aromatic N) is 3. The van der Waals surface area contributed by atoms with Crippen LogP contribution < -0.4 is 9.47 Å². The molecule has 0 N–H and O–H groups in total. The molecule has 33 heavy (non-hydrogen) atoms. The highest BCUT2D eigenvalue weighted by molar-refractivity contribution is 7.99. The van der Waals surface area contributed by atoms with E-state index in [-0.39, 0.29) is 35.1 Å². The average Bonchev–Trinajstić information content (AvgIpc) is 3.37. The van der Waals surface area contributed by atoms with E-state index in [0.717, 1.165) is 27.9 Å². The Morgan fingerprint density at radius 2 is 2.03 bits per heavy atom. The molecule has 1 unspecified atom stereocenters. The Labute approximate surface area is 199 Å². The molecule has 180 valence electrons.